The van der Waals surface area contributed by atoms with Crippen molar-refractivity contribution < 1.29 is 9.53 Å². The molecule has 0 spiro atoms. The summed E-state index contributed by atoms with van der Waals surface area (Å²) in [7, 11) is 1.88. The molecule has 0 bridgehead atoms. The zero-order chi connectivity index (χ0) is 17.2. The van der Waals surface area contributed by atoms with E-state index in [1.807, 2.05) is 11.9 Å². The lowest BCUT2D eigenvalue weighted by atomic mass is 9.96. The first-order valence-corrected chi connectivity index (χ1v) is 9.42. The van der Waals surface area contributed by atoms with E-state index >= 15 is 0 Å². The average molecular weight is 345 g/mol. The smallest absolute Gasteiger partial charge is 0.317 e. The highest BCUT2D eigenvalue weighted by Crippen LogP contribution is 2.26. The number of urea groups is 1. The largest absolute Gasteiger partial charge is 0.381 e. The van der Waals surface area contributed by atoms with Crippen molar-refractivity contribution in [2.24, 2.45) is 0 Å². The molecule has 3 heterocycles. The second kappa shape index (κ2) is 7.15. The fourth-order valence-electron chi connectivity index (χ4n) is 3.80. The van der Waals surface area contributed by atoms with Crippen LogP contribution in [0.15, 0.2) is 6.07 Å². The molecule has 2 amide bonds. The number of hydrogen-bond acceptors (Lipinski definition) is 5. The summed E-state index contributed by atoms with van der Waals surface area (Å²) in [6, 6.07) is 2.69. The number of aryl methyl sites for hydroxylation is 2. The molecule has 7 nitrogen and oxygen atoms in total. The SMILES string of the molecule is CN(C(=O)NC1CCOCC1)C1CN(c2cc3c(nn2)CCCC3)C1. The molecule has 136 valence electrons. The van der Waals surface area contributed by atoms with Gasteiger partial charge in [-0.25, -0.2) is 4.79 Å². The molecule has 2 fully saturated rings. The summed E-state index contributed by atoms with van der Waals surface area (Å²) in [5.41, 5.74) is 2.52. The van der Waals surface area contributed by atoms with Gasteiger partial charge in [0.15, 0.2) is 5.82 Å². The average Bonchev–Trinajstić information content (AvgIpc) is 2.61. The maximum absolute atomic E-state index is 12.4. The molecule has 2 aliphatic heterocycles. The van der Waals surface area contributed by atoms with E-state index in [1.54, 1.807) is 0 Å². The highest BCUT2D eigenvalue weighted by molar-refractivity contribution is 5.75. The number of anilines is 1. The van der Waals surface area contributed by atoms with Crippen LogP contribution in [0.25, 0.3) is 0 Å². The zero-order valence-corrected chi connectivity index (χ0v) is 14.9. The van der Waals surface area contributed by atoms with Gasteiger partial charge in [0.25, 0.3) is 0 Å². The molecule has 0 unspecified atom stereocenters. The monoisotopic (exact) mass is 345 g/mol. The Balaban J connectivity index is 1.29. The first-order chi connectivity index (χ1) is 12.2. The molecule has 0 saturated carbocycles. The van der Waals surface area contributed by atoms with E-state index in [0.717, 1.165) is 57.8 Å². The molecule has 4 rings (SSSR count). The van der Waals surface area contributed by atoms with E-state index in [9.17, 15) is 4.79 Å². The van der Waals surface area contributed by atoms with Crippen LogP contribution in [-0.2, 0) is 17.6 Å². The number of amides is 2. The van der Waals surface area contributed by atoms with Crippen molar-refractivity contribution in [3.05, 3.63) is 17.3 Å². The lowest BCUT2D eigenvalue weighted by Crippen LogP contribution is -2.62. The second-order valence-electron chi connectivity index (χ2n) is 7.39. The number of carbonyl (C=O) groups excluding carboxylic acids is 1. The van der Waals surface area contributed by atoms with Gasteiger partial charge in [-0.3, -0.25) is 0 Å². The first-order valence-electron chi connectivity index (χ1n) is 9.42. The Hall–Kier alpha value is -1.89. The summed E-state index contributed by atoms with van der Waals surface area (Å²) in [5.74, 6) is 0.954. The van der Waals surface area contributed by atoms with Gasteiger partial charge in [0.05, 0.1) is 11.7 Å². The van der Waals surface area contributed by atoms with Gasteiger partial charge in [-0.1, -0.05) is 0 Å². The third kappa shape index (κ3) is 3.56. The number of ether oxygens (including phenoxy) is 1. The number of nitrogens with one attached hydrogen (secondary N) is 1. The summed E-state index contributed by atoms with van der Waals surface area (Å²) in [6.07, 6.45) is 6.45. The Morgan fingerprint density at radius 2 is 2.00 bits per heavy atom. The van der Waals surface area contributed by atoms with E-state index < -0.39 is 0 Å². The number of aromatic nitrogens is 2. The van der Waals surface area contributed by atoms with Crippen LogP contribution in [0.3, 0.4) is 0 Å². The lowest BCUT2D eigenvalue weighted by molar-refractivity contribution is 0.0773. The predicted molar refractivity (Wildman–Crippen MR) is 94.8 cm³/mol. The Bertz CT molecular complexity index is 626. The van der Waals surface area contributed by atoms with Gasteiger partial charge >= 0.3 is 6.03 Å². The summed E-state index contributed by atoms with van der Waals surface area (Å²) < 4.78 is 5.34. The highest BCUT2D eigenvalue weighted by Gasteiger charge is 2.34. The van der Waals surface area contributed by atoms with Gasteiger partial charge in [0.2, 0.25) is 0 Å². The molecule has 0 atom stereocenters. The van der Waals surface area contributed by atoms with Gasteiger partial charge in [-0.05, 0) is 50.2 Å². The molecule has 7 heteroatoms. The standard InChI is InChI=1S/C18H27N5O2/c1-22(18(24)19-14-6-8-25-9-7-14)15-11-23(12-15)17-10-13-4-2-3-5-16(13)20-21-17/h10,14-15H,2-9,11-12H2,1H3,(H,19,24). The van der Waals surface area contributed by atoms with Crippen LogP contribution in [0, 0.1) is 0 Å². The molecular formula is C18H27N5O2. The number of fused-ring (bicyclic) bond motifs is 1. The maximum Gasteiger partial charge on any atom is 0.317 e. The molecular weight excluding hydrogens is 318 g/mol. The Morgan fingerprint density at radius 3 is 2.80 bits per heavy atom. The molecule has 1 N–H and O–H groups in total. The van der Waals surface area contributed by atoms with Gasteiger partial charge in [0.1, 0.15) is 0 Å². The van der Waals surface area contributed by atoms with Crippen molar-refractivity contribution in [3.63, 3.8) is 0 Å². The second-order valence-corrected chi connectivity index (χ2v) is 7.39. The Kier molecular flexibility index (Phi) is 4.74. The van der Waals surface area contributed by atoms with Gasteiger partial charge in [-0.15, -0.1) is 5.10 Å². The normalized spacial score (nSPS) is 21.4. The zero-order valence-electron chi connectivity index (χ0n) is 14.9. The van der Waals surface area contributed by atoms with Crippen molar-refractivity contribution in [1.82, 2.24) is 20.4 Å². The molecule has 0 aromatic carbocycles. The van der Waals surface area contributed by atoms with Crippen LogP contribution in [0.1, 0.15) is 36.9 Å². The Labute approximate surface area is 148 Å². The number of likely N-dealkylation sites (N-methyl/N-ethyl adjacent to an activating group) is 1. The number of hydrogen-bond donors (Lipinski definition) is 1. The number of nitrogens with zero attached hydrogens (tertiary/aromatic N) is 4. The van der Waals surface area contributed by atoms with Crippen molar-refractivity contribution in [2.45, 2.75) is 50.6 Å². The predicted octanol–water partition coefficient (Wildman–Crippen LogP) is 1.36. The minimum absolute atomic E-state index is 0.0214. The van der Waals surface area contributed by atoms with E-state index in [-0.39, 0.29) is 18.1 Å². The summed E-state index contributed by atoms with van der Waals surface area (Å²) in [4.78, 5) is 16.5. The van der Waals surface area contributed by atoms with Crippen LogP contribution >= 0.6 is 0 Å². The van der Waals surface area contributed by atoms with Crippen molar-refractivity contribution in [2.75, 3.05) is 38.3 Å². The van der Waals surface area contributed by atoms with Gasteiger partial charge < -0.3 is 19.9 Å². The van der Waals surface area contributed by atoms with Crippen molar-refractivity contribution in [3.8, 4) is 0 Å². The highest BCUT2D eigenvalue weighted by atomic mass is 16.5. The molecule has 2 saturated heterocycles. The summed E-state index contributed by atoms with van der Waals surface area (Å²) >= 11 is 0. The summed E-state index contributed by atoms with van der Waals surface area (Å²) in [5, 5.41) is 11.9. The molecule has 1 aliphatic carbocycles. The van der Waals surface area contributed by atoms with Crippen LogP contribution in [0.4, 0.5) is 10.6 Å². The van der Waals surface area contributed by atoms with E-state index in [1.165, 1.54) is 24.1 Å². The summed E-state index contributed by atoms with van der Waals surface area (Å²) in [6.45, 7) is 3.13. The minimum Gasteiger partial charge on any atom is -0.381 e. The third-order valence-corrected chi connectivity index (χ3v) is 5.66. The first kappa shape index (κ1) is 16.6. The minimum atomic E-state index is 0.0214. The molecule has 0 radical (unpaired) electrons. The van der Waals surface area contributed by atoms with Crippen LogP contribution in [0.2, 0.25) is 0 Å². The molecule has 1 aromatic heterocycles. The fraction of sp³-hybridized carbons (Fsp3) is 0.722. The molecule has 25 heavy (non-hydrogen) atoms. The maximum atomic E-state index is 12.4. The third-order valence-electron chi connectivity index (χ3n) is 5.66. The molecule has 3 aliphatic rings. The van der Waals surface area contributed by atoms with Crippen LogP contribution in [0.5, 0.6) is 0 Å². The molecule has 1 aromatic rings. The topological polar surface area (TPSA) is 70.6 Å². The van der Waals surface area contributed by atoms with Crippen molar-refractivity contribution >= 4 is 11.8 Å². The van der Waals surface area contributed by atoms with E-state index in [0.29, 0.717) is 0 Å². The number of rotatable bonds is 3. The lowest BCUT2D eigenvalue weighted by Gasteiger charge is -2.44. The van der Waals surface area contributed by atoms with E-state index in [4.69, 9.17) is 4.74 Å². The van der Waals surface area contributed by atoms with Crippen LogP contribution in [-0.4, -0.2) is 66.6 Å². The quantitative estimate of drug-likeness (QED) is 0.896. The van der Waals surface area contributed by atoms with Crippen molar-refractivity contribution in [1.29, 1.82) is 0 Å². The van der Waals surface area contributed by atoms with Gasteiger partial charge in [-0.2, -0.15) is 5.10 Å². The Morgan fingerprint density at radius 1 is 1.24 bits per heavy atom. The van der Waals surface area contributed by atoms with E-state index in [2.05, 4.69) is 26.5 Å². The van der Waals surface area contributed by atoms with Crippen LogP contribution < -0.4 is 10.2 Å². The fourth-order valence-corrected chi connectivity index (χ4v) is 3.80. The van der Waals surface area contributed by atoms with Gasteiger partial charge in [0, 0.05) is 39.4 Å². The number of carbonyl (C=O) groups is 1.